The smallest absolute Gasteiger partial charge is 0.251 e. The minimum atomic E-state index is -0.0268. The van der Waals surface area contributed by atoms with Crippen LogP contribution in [0, 0.1) is 18.8 Å². The summed E-state index contributed by atoms with van der Waals surface area (Å²) in [6.07, 6.45) is 3.03. The number of aryl methyl sites for hydroxylation is 1. The summed E-state index contributed by atoms with van der Waals surface area (Å²) in [5.74, 6) is 5.81. The van der Waals surface area contributed by atoms with Gasteiger partial charge in [0.25, 0.3) is 5.91 Å². The Hall–Kier alpha value is -1.79. The maximum Gasteiger partial charge on any atom is 0.251 e. The number of nitrogens with two attached hydrogens (primary N) is 1. The zero-order valence-corrected chi connectivity index (χ0v) is 12.6. The number of rotatable bonds is 5. The molecule has 0 aliphatic heterocycles. The highest BCUT2D eigenvalue weighted by atomic mass is 16.1. The molecule has 3 nitrogen and oxygen atoms in total. The highest BCUT2D eigenvalue weighted by molar-refractivity contribution is 5.94. The summed E-state index contributed by atoms with van der Waals surface area (Å²) in [5.41, 5.74) is 7.97. The van der Waals surface area contributed by atoms with E-state index in [0.29, 0.717) is 12.1 Å². The summed E-state index contributed by atoms with van der Waals surface area (Å²) in [4.78, 5) is 12.2. The summed E-state index contributed by atoms with van der Waals surface area (Å²) in [5, 5.41) is 3.07. The normalized spacial score (nSPS) is 11.4. The van der Waals surface area contributed by atoms with Crippen molar-refractivity contribution in [2.75, 3.05) is 6.54 Å². The average molecular weight is 272 g/mol. The van der Waals surface area contributed by atoms with E-state index in [0.717, 1.165) is 30.4 Å². The number of carbonyl (C=O) groups excluding carboxylic acids is 1. The highest BCUT2D eigenvalue weighted by Gasteiger charge is 2.12. The lowest BCUT2D eigenvalue weighted by molar-refractivity contribution is 0.0933. The molecule has 1 rings (SSSR count). The largest absolute Gasteiger partial charge is 0.349 e. The monoisotopic (exact) mass is 272 g/mol. The molecule has 0 radical (unpaired) electrons. The van der Waals surface area contributed by atoms with Crippen LogP contribution in [-0.2, 0) is 0 Å². The lowest BCUT2D eigenvalue weighted by atomic mass is 10.0. The Morgan fingerprint density at radius 2 is 2.15 bits per heavy atom. The number of nitrogens with one attached hydrogen (secondary N) is 1. The van der Waals surface area contributed by atoms with Gasteiger partial charge in [0.2, 0.25) is 0 Å². The fourth-order valence-electron chi connectivity index (χ4n) is 2.04. The molecule has 0 aliphatic rings. The van der Waals surface area contributed by atoms with Crippen LogP contribution < -0.4 is 11.1 Å². The van der Waals surface area contributed by atoms with Crippen molar-refractivity contribution >= 4 is 5.91 Å². The Labute approximate surface area is 121 Å². The first-order valence-electron chi connectivity index (χ1n) is 7.22. The standard InChI is InChI=1S/C17H24N2O/c1-4-7-16(5-2)19-17(20)15-10-9-13(3)14(12-15)8-6-11-18/h9-10,12,16H,4-5,7,11,18H2,1-3H3,(H,19,20). The molecule has 3 N–H and O–H groups in total. The Morgan fingerprint density at radius 1 is 1.40 bits per heavy atom. The first-order chi connectivity index (χ1) is 9.62. The fourth-order valence-corrected chi connectivity index (χ4v) is 2.04. The van der Waals surface area contributed by atoms with Gasteiger partial charge in [-0.15, -0.1) is 0 Å². The van der Waals surface area contributed by atoms with Crippen molar-refractivity contribution in [1.82, 2.24) is 5.32 Å². The van der Waals surface area contributed by atoms with Gasteiger partial charge >= 0.3 is 0 Å². The number of carbonyl (C=O) groups is 1. The van der Waals surface area contributed by atoms with Gasteiger partial charge in [0.05, 0.1) is 6.54 Å². The van der Waals surface area contributed by atoms with E-state index >= 15 is 0 Å². The zero-order chi connectivity index (χ0) is 15.0. The predicted molar refractivity (Wildman–Crippen MR) is 83.6 cm³/mol. The molecule has 1 aromatic carbocycles. The van der Waals surface area contributed by atoms with Crippen LogP contribution in [0.3, 0.4) is 0 Å². The van der Waals surface area contributed by atoms with Crippen LogP contribution in [0.4, 0.5) is 0 Å². The first-order valence-corrected chi connectivity index (χ1v) is 7.22. The Kier molecular flexibility index (Phi) is 6.83. The van der Waals surface area contributed by atoms with Crippen molar-refractivity contribution in [3.63, 3.8) is 0 Å². The molecular weight excluding hydrogens is 248 g/mol. The summed E-state index contributed by atoms with van der Waals surface area (Å²) >= 11 is 0. The molecule has 1 unspecified atom stereocenters. The van der Waals surface area contributed by atoms with Crippen molar-refractivity contribution in [2.45, 2.75) is 46.1 Å². The summed E-state index contributed by atoms with van der Waals surface area (Å²) < 4.78 is 0. The lowest BCUT2D eigenvalue weighted by Gasteiger charge is -2.16. The maximum absolute atomic E-state index is 12.2. The van der Waals surface area contributed by atoms with E-state index in [1.807, 2.05) is 25.1 Å². The molecule has 0 saturated heterocycles. The second-order valence-corrected chi connectivity index (χ2v) is 4.90. The van der Waals surface area contributed by atoms with Gasteiger partial charge in [-0.1, -0.05) is 38.2 Å². The van der Waals surface area contributed by atoms with E-state index in [2.05, 4.69) is 31.0 Å². The van der Waals surface area contributed by atoms with Crippen molar-refractivity contribution in [2.24, 2.45) is 5.73 Å². The molecule has 0 bridgehead atoms. The average Bonchev–Trinajstić information content (AvgIpc) is 2.45. The molecule has 0 heterocycles. The van der Waals surface area contributed by atoms with E-state index in [9.17, 15) is 4.79 Å². The first kappa shape index (κ1) is 16.3. The molecule has 1 aromatic rings. The number of benzene rings is 1. The van der Waals surface area contributed by atoms with E-state index in [1.165, 1.54) is 0 Å². The van der Waals surface area contributed by atoms with Crippen molar-refractivity contribution < 1.29 is 4.79 Å². The highest BCUT2D eigenvalue weighted by Crippen LogP contribution is 2.11. The van der Waals surface area contributed by atoms with Crippen LogP contribution >= 0.6 is 0 Å². The Balaban J connectivity index is 2.88. The van der Waals surface area contributed by atoms with Crippen LogP contribution in [0.25, 0.3) is 0 Å². The number of hydrogen-bond acceptors (Lipinski definition) is 2. The molecule has 0 spiro atoms. The summed E-state index contributed by atoms with van der Waals surface area (Å²) in [6.45, 7) is 6.52. The third-order valence-electron chi connectivity index (χ3n) is 3.29. The molecule has 108 valence electrons. The van der Waals surface area contributed by atoms with Gasteiger partial charge in [-0.05, 0) is 37.5 Å². The summed E-state index contributed by atoms with van der Waals surface area (Å²) in [6, 6.07) is 5.85. The van der Waals surface area contributed by atoms with E-state index in [-0.39, 0.29) is 11.9 Å². The van der Waals surface area contributed by atoms with Crippen molar-refractivity contribution in [3.05, 3.63) is 34.9 Å². The van der Waals surface area contributed by atoms with Gasteiger partial charge in [0.1, 0.15) is 0 Å². The van der Waals surface area contributed by atoms with Gasteiger partial charge in [-0.3, -0.25) is 4.79 Å². The Bertz CT molecular complexity index is 511. The van der Waals surface area contributed by atoms with Crippen LogP contribution in [0.1, 0.15) is 54.6 Å². The van der Waals surface area contributed by atoms with Gasteiger partial charge in [-0.2, -0.15) is 0 Å². The second kappa shape index (κ2) is 8.39. The second-order valence-electron chi connectivity index (χ2n) is 4.90. The van der Waals surface area contributed by atoms with E-state index in [4.69, 9.17) is 5.73 Å². The lowest BCUT2D eigenvalue weighted by Crippen LogP contribution is -2.34. The third-order valence-corrected chi connectivity index (χ3v) is 3.29. The molecule has 1 atom stereocenters. The predicted octanol–water partition coefficient (Wildman–Crippen LogP) is 2.61. The molecule has 0 aromatic heterocycles. The van der Waals surface area contributed by atoms with Crippen molar-refractivity contribution in [1.29, 1.82) is 0 Å². The van der Waals surface area contributed by atoms with Gasteiger partial charge in [0, 0.05) is 17.2 Å². The van der Waals surface area contributed by atoms with Gasteiger partial charge in [-0.25, -0.2) is 0 Å². The minimum absolute atomic E-state index is 0.0268. The van der Waals surface area contributed by atoms with Crippen LogP contribution in [0.5, 0.6) is 0 Å². The number of amides is 1. The van der Waals surface area contributed by atoms with Crippen LogP contribution in [-0.4, -0.2) is 18.5 Å². The van der Waals surface area contributed by atoms with Crippen molar-refractivity contribution in [3.8, 4) is 11.8 Å². The molecule has 1 amide bonds. The van der Waals surface area contributed by atoms with Crippen LogP contribution in [0.15, 0.2) is 18.2 Å². The van der Waals surface area contributed by atoms with Gasteiger partial charge in [0.15, 0.2) is 0 Å². The number of hydrogen-bond donors (Lipinski definition) is 2. The molecule has 3 heteroatoms. The van der Waals surface area contributed by atoms with E-state index in [1.54, 1.807) is 0 Å². The zero-order valence-electron chi connectivity index (χ0n) is 12.6. The van der Waals surface area contributed by atoms with Gasteiger partial charge < -0.3 is 11.1 Å². The molecule has 0 fully saturated rings. The quantitative estimate of drug-likeness (QED) is 0.810. The maximum atomic E-state index is 12.2. The third kappa shape index (κ3) is 4.71. The molecule has 0 aliphatic carbocycles. The molecule has 20 heavy (non-hydrogen) atoms. The van der Waals surface area contributed by atoms with E-state index < -0.39 is 0 Å². The Morgan fingerprint density at radius 3 is 2.75 bits per heavy atom. The topological polar surface area (TPSA) is 55.1 Å². The SMILES string of the molecule is CCCC(CC)NC(=O)c1ccc(C)c(C#CCN)c1. The molecular formula is C17H24N2O. The summed E-state index contributed by atoms with van der Waals surface area (Å²) in [7, 11) is 0. The fraction of sp³-hybridized carbons (Fsp3) is 0.471. The minimum Gasteiger partial charge on any atom is -0.349 e. The van der Waals surface area contributed by atoms with Crippen LogP contribution in [0.2, 0.25) is 0 Å². The molecule has 0 saturated carbocycles.